The third-order valence-electron chi connectivity index (χ3n) is 11.5. The minimum atomic E-state index is -0.00180. The highest BCUT2D eigenvalue weighted by atomic mass is 16.1. The fraction of sp³-hybridized carbons (Fsp3) is 0.739. The van der Waals surface area contributed by atoms with Gasteiger partial charge in [0.2, 0.25) is 0 Å². The first kappa shape index (κ1) is 42.2. The summed E-state index contributed by atoms with van der Waals surface area (Å²) in [5, 5.41) is 0. The van der Waals surface area contributed by atoms with E-state index in [0.717, 1.165) is 41.9 Å². The molecule has 2 rings (SSSR count). The predicted octanol–water partition coefficient (Wildman–Crippen LogP) is 14.6. The van der Waals surface area contributed by atoms with Gasteiger partial charge in [0.05, 0.1) is 0 Å². The van der Waals surface area contributed by atoms with Gasteiger partial charge in [0.15, 0.2) is 11.6 Å². The average Bonchev–Trinajstić information content (AvgIpc) is 3.03. The van der Waals surface area contributed by atoms with E-state index in [1.807, 2.05) is 12.1 Å². The number of rotatable bonds is 26. The number of ketones is 2. The molecule has 0 aromatic heterocycles. The molecule has 2 heteroatoms. The molecule has 0 saturated carbocycles. The molecule has 0 saturated heterocycles. The van der Waals surface area contributed by atoms with Gasteiger partial charge in [0.1, 0.15) is 0 Å². The first-order chi connectivity index (χ1) is 22.9. The van der Waals surface area contributed by atoms with Crippen molar-refractivity contribution >= 4 is 11.6 Å². The molecule has 2 nitrogen and oxygen atoms in total. The molecule has 0 aliphatic heterocycles. The van der Waals surface area contributed by atoms with Crippen LogP contribution in [0.2, 0.25) is 0 Å². The Bertz CT molecular complexity index is 1140. The predicted molar refractivity (Wildman–Crippen MR) is 210 cm³/mol. The lowest BCUT2D eigenvalue weighted by Gasteiger charge is -2.18. The van der Waals surface area contributed by atoms with Gasteiger partial charge in [0, 0.05) is 22.3 Å². The second kappa shape index (κ2) is 23.4. The molecule has 0 radical (unpaired) electrons. The van der Waals surface area contributed by atoms with Crippen molar-refractivity contribution in [1.82, 2.24) is 0 Å². The number of carbonyl (C=O) groups is 2. The van der Waals surface area contributed by atoms with Gasteiger partial charge in [-0.2, -0.15) is 0 Å². The van der Waals surface area contributed by atoms with Crippen molar-refractivity contribution in [2.24, 2.45) is 35.5 Å². The fourth-order valence-corrected chi connectivity index (χ4v) is 7.76. The van der Waals surface area contributed by atoms with Gasteiger partial charge in [-0.1, -0.05) is 187 Å². The molecule has 1 aromatic carbocycles. The van der Waals surface area contributed by atoms with Crippen LogP contribution in [0.4, 0.5) is 0 Å². The van der Waals surface area contributed by atoms with E-state index in [2.05, 4.69) is 61.5 Å². The van der Waals surface area contributed by atoms with Crippen molar-refractivity contribution in [3.8, 4) is 0 Å². The molecular weight excluding hydrogens is 585 g/mol. The van der Waals surface area contributed by atoms with E-state index in [0.29, 0.717) is 28.7 Å². The first-order valence-electron chi connectivity index (χ1n) is 20.4. The van der Waals surface area contributed by atoms with Gasteiger partial charge < -0.3 is 0 Å². The van der Waals surface area contributed by atoms with Crippen LogP contribution in [0.3, 0.4) is 0 Å². The molecule has 0 bridgehead atoms. The van der Waals surface area contributed by atoms with Gasteiger partial charge in [-0.15, -0.1) is 0 Å². The third kappa shape index (κ3) is 16.6. The van der Waals surface area contributed by atoms with Crippen molar-refractivity contribution in [3.63, 3.8) is 0 Å². The maximum absolute atomic E-state index is 13.0. The molecule has 0 N–H and O–H groups in total. The minimum Gasteiger partial charge on any atom is -0.289 e. The topological polar surface area (TPSA) is 34.1 Å². The van der Waals surface area contributed by atoms with Crippen molar-refractivity contribution in [2.45, 2.75) is 184 Å². The summed E-state index contributed by atoms with van der Waals surface area (Å²) in [6, 6.07) is 7.22. The molecule has 5 atom stereocenters. The molecule has 1 aromatic rings. The summed E-state index contributed by atoms with van der Waals surface area (Å²) in [7, 11) is 0. The third-order valence-corrected chi connectivity index (χ3v) is 11.5. The van der Waals surface area contributed by atoms with E-state index >= 15 is 0 Å². The molecule has 0 heterocycles. The van der Waals surface area contributed by atoms with Crippen molar-refractivity contribution in [2.75, 3.05) is 0 Å². The Morgan fingerprint density at radius 3 is 1.29 bits per heavy atom. The Morgan fingerprint density at radius 2 is 0.896 bits per heavy atom. The van der Waals surface area contributed by atoms with Crippen molar-refractivity contribution in [3.05, 3.63) is 58.2 Å². The van der Waals surface area contributed by atoms with Gasteiger partial charge >= 0.3 is 0 Å². The monoisotopic (exact) mass is 661 g/mol. The first-order valence-corrected chi connectivity index (χ1v) is 20.4. The molecule has 0 fully saturated rings. The summed E-state index contributed by atoms with van der Waals surface area (Å²) in [4.78, 5) is 25.8. The molecule has 1 aliphatic rings. The van der Waals surface area contributed by atoms with Crippen LogP contribution < -0.4 is 0 Å². The number of hydrogen-bond acceptors (Lipinski definition) is 2. The van der Waals surface area contributed by atoms with Crippen LogP contribution in [0.25, 0.3) is 0 Å². The zero-order valence-corrected chi connectivity index (χ0v) is 33.1. The highest BCUT2D eigenvalue weighted by Gasteiger charge is 2.28. The normalized spacial score (nSPS) is 17.1. The van der Waals surface area contributed by atoms with Gasteiger partial charge in [-0.05, 0) is 68.6 Å². The van der Waals surface area contributed by atoms with Crippen LogP contribution >= 0.6 is 0 Å². The number of hydrogen-bond donors (Lipinski definition) is 0. The number of benzene rings is 1. The summed E-state index contributed by atoms with van der Waals surface area (Å²) in [5.74, 6) is 5.18. The number of fused-ring (bicyclic) bond motifs is 1. The zero-order chi connectivity index (χ0) is 35.5. The fourth-order valence-electron chi connectivity index (χ4n) is 7.76. The Morgan fingerprint density at radius 1 is 0.542 bits per heavy atom. The van der Waals surface area contributed by atoms with Crippen LogP contribution in [0.5, 0.6) is 0 Å². The highest BCUT2D eigenvalue weighted by molar-refractivity contribution is 6.26. The molecular formula is C46H76O2. The van der Waals surface area contributed by atoms with Crippen LogP contribution in [0.15, 0.2) is 47.1 Å². The van der Waals surface area contributed by atoms with Crippen LogP contribution in [0, 0.1) is 35.5 Å². The highest BCUT2D eigenvalue weighted by Crippen LogP contribution is 2.29. The summed E-state index contributed by atoms with van der Waals surface area (Å²) in [6.07, 6.45) is 27.3. The Balaban J connectivity index is 1.49. The summed E-state index contributed by atoms with van der Waals surface area (Å²) < 4.78 is 0. The molecule has 1 aliphatic carbocycles. The molecule has 0 amide bonds. The van der Waals surface area contributed by atoms with E-state index in [9.17, 15) is 9.59 Å². The number of allylic oxidation sites excluding steroid dienone is 4. The van der Waals surface area contributed by atoms with Gasteiger partial charge in [-0.3, -0.25) is 9.59 Å². The Labute approximate surface area is 298 Å². The second-order valence-corrected chi connectivity index (χ2v) is 17.0. The zero-order valence-electron chi connectivity index (χ0n) is 33.1. The lowest BCUT2D eigenvalue weighted by molar-refractivity contribution is 0.0973. The van der Waals surface area contributed by atoms with E-state index in [4.69, 9.17) is 0 Å². The SMILES string of the molecule is CC1=C(C/C=C(\C)CCCC(C)CCCC(C)CCCC(C)CCCC(C)CCCC(C)CCCC(C)C)C(=O)c2ccccc2C1=O. The standard InChI is InChI=1S/C46H76O2/c1-34(2)18-12-19-35(3)20-13-21-36(4)22-14-23-37(5)24-15-25-38(6)26-16-27-39(7)28-17-29-40(8)32-33-42-41(9)45(47)43-30-10-11-31-44(43)46(42)48/h10-11,30-32,34-39H,12-29,33H2,1-9H3/b40-32+. The molecule has 5 unspecified atom stereocenters. The van der Waals surface area contributed by atoms with E-state index < -0.39 is 0 Å². The molecule has 0 spiro atoms. The largest absolute Gasteiger partial charge is 0.289 e. The van der Waals surface area contributed by atoms with E-state index in [1.54, 1.807) is 19.1 Å². The summed E-state index contributed by atoms with van der Waals surface area (Å²) in [6.45, 7) is 21.0. The maximum Gasteiger partial charge on any atom is 0.190 e. The van der Waals surface area contributed by atoms with E-state index in [1.165, 1.54) is 115 Å². The lowest BCUT2D eigenvalue weighted by Crippen LogP contribution is -2.20. The Hall–Kier alpha value is -1.96. The van der Waals surface area contributed by atoms with Gasteiger partial charge in [-0.25, -0.2) is 0 Å². The van der Waals surface area contributed by atoms with Crippen molar-refractivity contribution < 1.29 is 9.59 Å². The van der Waals surface area contributed by atoms with Crippen molar-refractivity contribution in [1.29, 1.82) is 0 Å². The minimum absolute atomic E-state index is 0.00180. The second-order valence-electron chi connectivity index (χ2n) is 17.0. The Kier molecular flexibility index (Phi) is 20.6. The maximum atomic E-state index is 13.0. The lowest BCUT2D eigenvalue weighted by atomic mass is 9.83. The van der Waals surface area contributed by atoms with Crippen LogP contribution in [-0.2, 0) is 0 Å². The average molecular weight is 661 g/mol. The number of carbonyl (C=O) groups excluding carboxylic acids is 2. The van der Waals surface area contributed by atoms with Crippen LogP contribution in [0.1, 0.15) is 205 Å². The summed E-state index contributed by atoms with van der Waals surface area (Å²) >= 11 is 0. The number of Topliss-reactive ketones (excluding diaryl/α,β-unsaturated/α-hetero) is 2. The molecule has 272 valence electrons. The van der Waals surface area contributed by atoms with Gasteiger partial charge in [0.25, 0.3) is 0 Å². The quantitative estimate of drug-likeness (QED) is 0.0927. The smallest absolute Gasteiger partial charge is 0.190 e. The summed E-state index contributed by atoms with van der Waals surface area (Å²) in [5.41, 5.74) is 3.71. The van der Waals surface area contributed by atoms with E-state index in [-0.39, 0.29) is 11.6 Å². The molecule has 48 heavy (non-hydrogen) atoms. The van der Waals surface area contributed by atoms with Crippen LogP contribution in [-0.4, -0.2) is 11.6 Å².